The van der Waals surface area contributed by atoms with Crippen LogP contribution in [0.4, 0.5) is 0 Å². The topological polar surface area (TPSA) is 59.8 Å². The third-order valence-corrected chi connectivity index (χ3v) is 4.63. The smallest absolute Gasteiger partial charge is 0.263 e. The Balaban J connectivity index is 1.71. The maximum Gasteiger partial charge on any atom is 0.263 e. The molecule has 3 rings (SSSR count). The van der Waals surface area contributed by atoms with Gasteiger partial charge < -0.3 is 5.32 Å². The van der Waals surface area contributed by atoms with Gasteiger partial charge in [0.25, 0.3) is 5.91 Å². The molecule has 1 aromatic carbocycles. The number of aryl methyl sites for hydroxylation is 2. The zero-order valence-corrected chi connectivity index (χ0v) is 13.9. The molecule has 0 aliphatic rings. The van der Waals surface area contributed by atoms with Gasteiger partial charge in [0.15, 0.2) is 0 Å². The lowest BCUT2D eigenvalue weighted by Crippen LogP contribution is -2.23. The molecule has 0 aliphatic heterocycles. The molecule has 0 radical (unpaired) electrons. The summed E-state index contributed by atoms with van der Waals surface area (Å²) in [7, 11) is 0. The molecule has 1 amide bonds. The fraction of sp³-hybridized carbons (Fsp3) is 0.235. The molecule has 0 fully saturated rings. The average Bonchev–Trinajstić information content (AvgIpc) is 3.15. The number of carbonyl (C=O) groups excluding carboxylic acids is 1. The van der Waals surface area contributed by atoms with Crippen LogP contribution < -0.4 is 5.32 Å². The molecule has 0 unspecified atom stereocenters. The number of amides is 1. The van der Waals surface area contributed by atoms with Gasteiger partial charge >= 0.3 is 0 Å². The van der Waals surface area contributed by atoms with Crippen LogP contribution in [0.15, 0.2) is 42.7 Å². The van der Waals surface area contributed by atoms with Crippen LogP contribution in [0.25, 0.3) is 0 Å². The molecule has 0 saturated carbocycles. The van der Waals surface area contributed by atoms with E-state index < -0.39 is 0 Å². The van der Waals surface area contributed by atoms with Gasteiger partial charge in [0.05, 0.1) is 17.2 Å². The Morgan fingerprint density at radius 2 is 2.00 bits per heavy atom. The van der Waals surface area contributed by atoms with Crippen LogP contribution in [0.3, 0.4) is 0 Å². The van der Waals surface area contributed by atoms with E-state index in [1.807, 2.05) is 49.0 Å². The summed E-state index contributed by atoms with van der Waals surface area (Å²) in [6, 6.07) is 9.98. The van der Waals surface area contributed by atoms with Crippen molar-refractivity contribution in [1.82, 2.24) is 20.1 Å². The largest absolute Gasteiger partial charge is 0.347 e. The first-order valence-electron chi connectivity index (χ1n) is 7.40. The zero-order chi connectivity index (χ0) is 16.2. The Kier molecular flexibility index (Phi) is 4.52. The average molecular weight is 326 g/mol. The van der Waals surface area contributed by atoms with E-state index in [4.69, 9.17) is 0 Å². The summed E-state index contributed by atoms with van der Waals surface area (Å²) in [6.45, 7) is 4.96. The van der Waals surface area contributed by atoms with Crippen molar-refractivity contribution in [3.05, 3.63) is 69.4 Å². The van der Waals surface area contributed by atoms with E-state index in [2.05, 4.69) is 21.5 Å². The summed E-state index contributed by atoms with van der Waals surface area (Å²) >= 11 is 1.43. The van der Waals surface area contributed by atoms with Gasteiger partial charge in [0.2, 0.25) is 0 Å². The summed E-state index contributed by atoms with van der Waals surface area (Å²) < 4.78 is 1.87. The third kappa shape index (κ3) is 3.65. The normalized spacial score (nSPS) is 10.7. The van der Waals surface area contributed by atoms with Gasteiger partial charge in [-0.1, -0.05) is 24.3 Å². The molecular weight excluding hydrogens is 308 g/mol. The maximum atomic E-state index is 12.3. The van der Waals surface area contributed by atoms with Gasteiger partial charge in [-0.25, -0.2) is 4.98 Å². The minimum atomic E-state index is -0.0676. The van der Waals surface area contributed by atoms with Crippen molar-refractivity contribution >= 4 is 17.2 Å². The number of benzene rings is 1. The van der Waals surface area contributed by atoms with Crippen molar-refractivity contribution < 1.29 is 4.79 Å². The summed E-state index contributed by atoms with van der Waals surface area (Å²) in [5, 5.41) is 8.13. The van der Waals surface area contributed by atoms with Gasteiger partial charge in [-0.15, -0.1) is 11.3 Å². The minimum absolute atomic E-state index is 0.0676. The highest BCUT2D eigenvalue weighted by atomic mass is 32.1. The monoisotopic (exact) mass is 326 g/mol. The predicted octanol–water partition coefficient (Wildman–Crippen LogP) is 2.93. The Bertz CT molecular complexity index is 808. The molecule has 0 spiro atoms. The lowest BCUT2D eigenvalue weighted by Gasteiger charge is -2.10. The van der Waals surface area contributed by atoms with E-state index in [0.717, 1.165) is 21.8 Å². The van der Waals surface area contributed by atoms with Crippen LogP contribution in [0.5, 0.6) is 0 Å². The first-order valence-corrected chi connectivity index (χ1v) is 8.21. The van der Waals surface area contributed by atoms with Gasteiger partial charge in [-0.05, 0) is 31.0 Å². The Labute approximate surface area is 139 Å². The highest BCUT2D eigenvalue weighted by Crippen LogP contribution is 2.17. The van der Waals surface area contributed by atoms with Crippen LogP contribution in [-0.2, 0) is 13.1 Å². The van der Waals surface area contributed by atoms with Gasteiger partial charge in [-0.3, -0.25) is 9.48 Å². The fourth-order valence-electron chi connectivity index (χ4n) is 2.45. The number of hydrogen-bond acceptors (Lipinski definition) is 4. The first kappa shape index (κ1) is 15.4. The minimum Gasteiger partial charge on any atom is -0.347 e. The fourth-order valence-corrected chi connectivity index (χ4v) is 3.29. The quantitative estimate of drug-likeness (QED) is 0.784. The predicted molar refractivity (Wildman–Crippen MR) is 90.5 cm³/mol. The molecule has 0 bridgehead atoms. The van der Waals surface area contributed by atoms with Gasteiger partial charge in [0, 0.05) is 18.9 Å². The summed E-state index contributed by atoms with van der Waals surface area (Å²) in [6.07, 6.45) is 3.69. The molecule has 118 valence electrons. The molecule has 2 heterocycles. The maximum absolute atomic E-state index is 12.3. The van der Waals surface area contributed by atoms with Crippen LogP contribution in [0.2, 0.25) is 0 Å². The van der Waals surface area contributed by atoms with Crippen LogP contribution in [-0.4, -0.2) is 20.7 Å². The Morgan fingerprint density at radius 1 is 1.22 bits per heavy atom. The summed E-state index contributed by atoms with van der Waals surface area (Å²) in [4.78, 5) is 17.3. The number of aromatic nitrogens is 3. The number of hydrogen-bond donors (Lipinski definition) is 1. The third-order valence-electron chi connectivity index (χ3n) is 3.56. The van der Waals surface area contributed by atoms with Crippen LogP contribution >= 0.6 is 11.3 Å². The van der Waals surface area contributed by atoms with E-state index in [1.165, 1.54) is 11.3 Å². The highest BCUT2D eigenvalue weighted by Gasteiger charge is 2.14. The summed E-state index contributed by atoms with van der Waals surface area (Å²) in [5.74, 6) is -0.0676. The van der Waals surface area contributed by atoms with E-state index >= 15 is 0 Å². The molecule has 23 heavy (non-hydrogen) atoms. The highest BCUT2D eigenvalue weighted by molar-refractivity contribution is 7.13. The molecule has 2 aromatic heterocycles. The number of carbonyl (C=O) groups is 1. The number of thiazole rings is 1. The SMILES string of the molecule is Cc1nc(C)c(C(=O)NCc2ccccc2Cn2cccn2)s1. The van der Waals surface area contributed by atoms with Gasteiger partial charge in [-0.2, -0.15) is 5.10 Å². The molecule has 6 heteroatoms. The number of nitrogens with zero attached hydrogens (tertiary/aromatic N) is 3. The lowest BCUT2D eigenvalue weighted by atomic mass is 10.1. The van der Waals surface area contributed by atoms with E-state index in [0.29, 0.717) is 18.0 Å². The molecule has 3 aromatic rings. The van der Waals surface area contributed by atoms with Crippen LogP contribution in [0, 0.1) is 13.8 Å². The Hall–Kier alpha value is -2.47. The van der Waals surface area contributed by atoms with Gasteiger partial charge in [0.1, 0.15) is 4.88 Å². The summed E-state index contributed by atoms with van der Waals surface area (Å²) in [5.41, 5.74) is 3.03. The Morgan fingerprint density at radius 3 is 2.65 bits per heavy atom. The standard InChI is InChI=1S/C17H18N4OS/c1-12-16(23-13(2)20-12)17(22)18-10-14-6-3-4-7-15(14)11-21-9-5-8-19-21/h3-9H,10-11H2,1-2H3,(H,18,22). The van der Waals surface area contributed by atoms with Crippen molar-refractivity contribution in [1.29, 1.82) is 0 Å². The number of nitrogens with one attached hydrogen (secondary N) is 1. The van der Waals surface area contributed by atoms with Crippen molar-refractivity contribution in [3.63, 3.8) is 0 Å². The van der Waals surface area contributed by atoms with Crippen molar-refractivity contribution in [2.75, 3.05) is 0 Å². The second-order valence-corrected chi connectivity index (χ2v) is 6.51. The molecule has 5 nitrogen and oxygen atoms in total. The van der Waals surface area contributed by atoms with E-state index in [-0.39, 0.29) is 5.91 Å². The van der Waals surface area contributed by atoms with Crippen LogP contribution in [0.1, 0.15) is 31.5 Å². The molecule has 1 N–H and O–H groups in total. The molecule has 0 atom stereocenters. The van der Waals surface area contributed by atoms with E-state index in [1.54, 1.807) is 6.20 Å². The first-order chi connectivity index (χ1) is 11.1. The van der Waals surface area contributed by atoms with E-state index in [9.17, 15) is 4.79 Å². The molecule has 0 aliphatic carbocycles. The van der Waals surface area contributed by atoms with Crippen molar-refractivity contribution in [2.24, 2.45) is 0 Å². The van der Waals surface area contributed by atoms with Crippen molar-refractivity contribution in [3.8, 4) is 0 Å². The second kappa shape index (κ2) is 6.75. The van der Waals surface area contributed by atoms with Crippen molar-refractivity contribution in [2.45, 2.75) is 26.9 Å². The second-order valence-electron chi connectivity index (χ2n) is 5.30. The lowest BCUT2D eigenvalue weighted by molar-refractivity contribution is 0.0954. The zero-order valence-electron chi connectivity index (χ0n) is 13.1. The number of rotatable bonds is 5. The molecular formula is C17H18N4OS. The molecule has 0 saturated heterocycles.